The highest BCUT2D eigenvalue weighted by atomic mass is 32.2. The van der Waals surface area contributed by atoms with E-state index < -0.39 is 69.2 Å². The number of nitriles is 1. The van der Waals surface area contributed by atoms with Crippen LogP contribution in [0.2, 0.25) is 0 Å². The predicted octanol–water partition coefficient (Wildman–Crippen LogP) is 4.03. The molecular formula is C21H18F6N4O4S. The zero-order valence-electron chi connectivity index (χ0n) is 18.3. The summed E-state index contributed by atoms with van der Waals surface area (Å²) < 4.78 is 110. The van der Waals surface area contributed by atoms with Crippen LogP contribution in [0.1, 0.15) is 24.6 Å². The van der Waals surface area contributed by atoms with Crippen LogP contribution < -0.4 is 10.2 Å². The van der Waals surface area contributed by atoms with Gasteiger partial charge < -0.3 is 15.0 Å². The maximum Gasteiger partial charge on any atom is 0.417 e. The summed E-state index contributed by atoms with van der Waals surface area (Å²) in [6, 6.07) is 5.57. The Hall–Kier alpha value is -3.54. The van der Waals surface area contributed by atoms with Gasteiger partial charge in [-0.3, -0.25) is 0 Å². The summed E-state index contributed by atoms with van der Waals surface area (Å²) in [6.07, 6.45) is -12.1. The van der Waals surface area contributed by atoms with Gasteiger partial charge in [-0.15, -0.1) is 0 Å². The van der Waals surface area contributed by atoms with Gasteiger partial charge in [0, 0.05) is 24.8 Å². The number of alkyl carbamates (subject to hydrolysis) is 1. The summed E-state index contributed by atoms with van der Waals surface area (Å²) in [7, 11) is -4.66. The second-order valence-corrected chi connectivity index (χ2v) is 10.0. The molecule has 2 aromatic rings. The molecule has 0 bridgehead atoms. The molecule has 8 nitrogen and oxygen atoms in total. The Balaban J connectivity index is 1.96. The maximum atomic E-state index is 13.5. The number of sulfone groups is 1. The molecule has 15 heteroatoms. The maximum absolute atomic E-state index is 13.5. The molecule has 1 aromatic heterocycles. The van der Waals surface area contributed by atoms with Crippen LogP contribution in [0.3, 0.4) is 0 Å². The van der Waals surface area contributed by atoms with E-state index in [4.69, 9.17) is 10.00 Å². The van der Waals surface area contributed by atoms with Crippen molar-refractivity contribution in [2.75, 3.05) is 11.4 Å². The molecule has 1 aliphatic rings. The minimum absolute atomic E-state index is 0.102. The van der Waals surface area contributed by atoms with Crippen molar-refractivity contribution in [1.82, 2.24) is 10.3 Å². The van der Waals surface area contributed by atoms with Crippen LogP contribution in [0.5, 0.6) is 0 Å². The number of carbonyl (C=O) groups is 1. The van der Waals surface area contributed by atoms with Crippen molar-refractivity contribution in [1.29, 1.82) is 5.26 Å². The number of hydrogen-bond acceptors (Lipinski definition) is 7. The van der Waals surface area contributed by atoms with Gasteiger partial charge in [0.15, 0.2) is 16.1 Å². The van der Waals surface area contributed by atoms with Gasteiger partial charge in [-0.1, -0.05) is 12.1 Å². The van der Waals surface area contributed by atoms with Gasteiger partial charge in [0.2, 0.25) is 0 Å². The number of pyridine rings is 1. The molecule has 1 saturated heterocycles. The molecule has 0 unspecified atom stereocenters. The topological polar surface area (TPSA) is 112 Å². The normalized spacial score (nSPS) is 19.4. The summed E-state index contributed by atoms with van der Waals surface area (Å²) in [5.41, 5.74) is -1.35. The third-order valence-corrected chi connectivity index (χ3v) is 7.60. The van der Waals surface area contributed by atoms with E-state index in [0.717, 1.165) is 18.2 Å². The fraction of sp³-hybridized carbons (Fsp3) is 0.381. The van der Waals surface area contributed by atoms with E-state index in [-0.39, 0.29) is 11.4 Å². The fourth-order valence-electron chi connectivity index (χ4n) is 3.58. The quantitative estimate of drug-likeness (QED) is 0.575. The average Bonchev–Trinajstić information content (AvgIpc) is 3.22. The number of anilines is 1. The molecule has 0 saturated carbocycles. The molecular weight excluding hydrogens is 518 g/mol. The number of nitrogens with zero attached hydrogens (tertiary/aromatic N) is 3. The largest absolute Gasteiger partial charge is 0.425 e. The fourth-order valence-corrected chi connectivity index (χ4v) is 5.47. The second-order valence-electron chi connectivity index (χ2n) is 7.83. The van der Waals surface area contributed by atoms with Crippen LogP contribution in [0.15, 0.2) is 47.5 Å². The first-order valence-electron chi connectivity index (χ1n) is 10.2. The van der Waals surface area contributed by atoms with Gasteiger partial charge in [-0.05, 0) is 31.2 Å². The Morgan fingerprint density at radius 2 is 1.89 bits per heavy atom. The van der Waals surface area contributed by atoms with Crippen LogP contribution in [-0.2, 0) is 20.8 Å². The van der Waals surface area contributed by atoms with Gasteiger partial charge in [0.1, 0.15) is 17.8 Å². The van der Waals surface area contributed by atoms with Gasteiger partial charge in [-0.2, -0.15) is 31.6 Å². The molecule has 1 N–H and O–H groups in total. The first-order valence-corrected chi connectivity index (χ1v) is 11.8. The molecule has 0 radical (unpaired) electrons. The zero-order chi connectivity index (χ0) is 26.9. The highest BCUT2D eigenvalue weighted by molar-refractivity contribution is 7.92. The van der Waals surface area contributed by atoms with Crippen LogP contribution >= 0.6 is 0 Å². The van der Waals surface area contributed by atoms with E-state index in [1.165, 1.54) is 23.2 Å². The number of amides is 1. The number of benzene rings is 1. The highest BCUT2D eigenvalue weighted by Crippen LogP contribution is 2.38. The lowest BCUT2D eigenvalue weighted by Gasteiger charge is -2.27. The van der Waals surface area contributed by atoms with Crippen LogP contribution in [-0.4, -0.2) is 49.7 Å². The third-order valence-electron chi connectivity index (χ3n) is 5.41. The molecule has 3 rings (SSSR count). The minimum Gasteiger partial charge on any atom is -0.425 e. The number of nitrogens with one attached hydrogen (secondary N) is 1. The van der Waals surface area contributed by atoms with Crippen molar-refractivity contribution in [2.24, 2.45) is 0 Å². The first-order chi connectivity index (χ1) is 16.6. The smallest absolute Gasteiger partial charge is 0.417 e. The molecule has 2 heterocycles. The van der Waals surface area contributed by atoms with E-state index in [9.17, 15) is 39.6 Å². The monoisotopic (exact) mass is 536 g/mol. The Morgan fingerprint density at radius 3 is 2.50 bits per heavy atom. The van der Waals surface area contributed by atoms with Crippen LogP contribution in [0.4, 0.5) is 36.8 Å². The highest BCUT2D eigenvalue weighted by Gasteiger charge is 2.46. The number of aromatic nitrogens is 1. The van der Waals surface area contributed by atoms with Gasteiger partial charge in [0.05, 0.1) is 15.7 Å². The molecule has 1 amide bonds. The molecule has 0 aliphatic carbocycles. The lowest BCUT2D eigenvalue weighted by molar-refractivity contribution is -0.150. The third kappa shape index (κ3) is 5.81. The van der Waals surface area contributed by atoms with Crippen LogP contribution in [0.25, 0.3) is 0 Å². The lowest BCUT2D eigenvalue weighted by atomic mass is 10.2. The average molecular weight is 536 g/mol. The summed E-state index contributed by atoms with van der Waals surface area (Å²) in [5.74, 6) is 0. The molecule has 1 fully saturated rings. The molecule has 1 aromatic carbocycles. The van der Waals surface area contributed by atoms with Crippen molar-refractivity contribution in [3.8, 4) is 6.07 Å². The SMILES string of the molecule is C[C@H](NC(=O)O[C@H]1C[C@H](S(=O)(=O)c2ccccc2C(F)(F)F)CN1c1ccnc(C#N)c1)C(F)(F)F. The Bertz CT molecular complexity index is 1280. The zero-order valence-corrected chi connectivity index (χ0v) is 19.2. The predicted molar refractivity (Wildman–Crippen MR) is 112 cm³/mol. The number of carbonyl (C=O) groups excluding carboxylic acids is 1. The van der Waals surface area contributed by atoms with Gasteiger partial charge in [-0.25, -0.2) is 18.2 Å². The van der Waals surface area contributed by atoms with E-state index in [1.54, 1.807) is 11.4 Å². The Labute approximate surface area is 201 Å². The first kappa shape index (κ1) is 27.1. The van der Waals surface area contributed by atoms with Gasteiger partial charge in [0.25, 0.3) is 0 Å². The summed E-state index contributed by atoms with van der Waals surface area (Å²) in [6.45, 7) is 0.188. The van der Waals surface area contributed by atoms with E-state index in [1.807, 2.05) is 0 Å². The molecule has 1 aliphatic heterocycles. The van der Waals surface area contributed by atoms with Crippen molar-refractivity contribution in [3.63, 3.8) is 0 Å². The van der Waals surface area contributed by atoms with Crippen molar-refractivity contribution >= 4 is 21.6 Å². The Morgan fingerprint density at radius 1 is 1.22 bits per heavy atom. The Kier molecular flexibility index (Phi) is 7.40. The lowest BCUT2D eigenvalue weighted by Crippen LogP contribution is -2.45. The van der Waals surface area contributed by atoms with Crippen molar-refractivity contribution < 1.29 is 44.3 Å². The number of halogens is 6. The molecule has 0 spiro atoms. The van der Waals surface area contributed by atoms with Crippen LogP contribution in [0, 0.1) is 11.3 Å². The standard InChI is InChI=1S/C21H18F6N4O4S/c1-12(20(22,23)24)30-19(32)35-18-9-15(11-31(18)14-6-7-29-13(8-14)10-28)36(33,34)17-5-3-2-4-16(17)21(25,26)27/h2-8,12,15,18H,9,11H2,1H3,(H,30,32)/t12-,15-,18-/m0/s1. The number of rotatable bonds is 5. The molecule has 3 atom stereocenters. The van der Waals surface area contributed by atoms with Crippen molar-refractivity contribution in [3.05, 3.63) is 53.9 Å². The van der Waals surface area contributed by atoms with Crippen molar-refractivity contribution in [2.45, 2.75) is 48.1 Å². The summed E-state index contributed by atoms with van der Waals surface area (Å²) >= 11 is 0. The summed E-state index contributed by atoms with van der Waals surface area (Å²) in [5, 5.41) is 9.14. The number of hydrogen-bond donors (Lipinski definition) is 1. The second kappa shape index (κ2) is 9.84. The van der Waals surface area contributed by atoms with E-state index in [2.05, 4.69) is 4.98 Å². The van der Waals surface area contributed by atoms with Gasteiger partial charge >= 0.3 is 18.4 Å². The molecule has 36 heavy (non-hydrogen) atoms. The molecule has 194 valence electrons. The number of ether oxygens (including phenoxy) is 1. The summed E-state index contributed by atoms with van der Waals surface area (Å²) in [4.78, 5) is 16.1. The minimum atomic E-state index is -4.97. The van der Waals surface area contributed by atoms with E-state index in [0.29, 0.717) is 13.0 Å². The number of alkyl halides is 6. The van der Waals surface area contributed by atoms with E-state index >= 15 is 0 Å².